The Labute approximate surface area is 106 Å². The largest absolute Gasteiger partial charge is 2.00 e. The van der Waals surface area contributed by atoms with Crippen molar-refractivity contribution in [1.29, 1.82) is 0 Å². The Morgan fingerprint density at radius 3 is 0.800 bits per heavy atom. The van der Waals surface area contributed by atoms with Crippen molar-refractivity contribution < 1.29 is 76.6 Å². The van der Waals surface area contributed by atoms with Gasteiger partial charge in [-0.3, -0.25) is 0 Å². The zero-order chi connectivity index (χ0) is 7.15. The van der Waals surface area contributed by atoms with Gasteiger partial charge in [-0.1, -0.05) is 0 Å². The first kappa shape index (κ1) is 22.4. The average Bonchev–Trinajstić information content (AvgIpc) is 1.25. The van der Waals surface area contributed by atoms with Gasteiger partial charge in [0.1, 0.15) is 0 Å². The third-order valence-electron chi connectivity index (χ3n) is 0. The summed E-state index contributed by atoms with van der Waals surface area (Å²) >= 11 is 0. The molecular formula is CuEuN2O6. The van der Waals surface area contributed by atoms with E-state index < -0.39 is 10.2 Å². The summed E-state index contributed by atoms with van der Waals surface area (Å²) in [5.74, 6) is 0. The molecular weight excluding hydrogens is 340 g/mol. The molecule has 0 saturated carbocycles. The summed E-state index contributed by atoms with van der Waals surface area (Å²) < 4.78 is 0. The van der Waals surface area contributed by atoms with E-state index in [-0.39, 0.29) is 66.4 Å². The number of rotatable bonds is 0. The predicted molar refractivity (Wildman–Crippen MR) is 20.7 cm³/mol. The SMILES string of the molecule is O=[N+]([O-])[O-].O=[N+]([O-])[O-].[Cu+2].[Eu]. The maximum Gasteiger partial charge on any atom is 2.00 e. The van der Waals surface area contributed by atoms with Gasteiger partial charge in [-0.2, -0.15) is 0 Å². The van der Waals surface area contributed by atoms with Crippen molar-refractivity contribution in [2.24, 2.45) is 0 Å². The Kier molecular flexibility index (Phi) is 36.4. The molecule has 0 aliphatic rings. The van der Waals surface area contributed by atoms with E-state index in [0.29, 0.717) is 0 Å². The van der Waals surface area contributed by atoms with Crippen molar-refractivity contribution in [3.8, 4) is 0 Å². The summed E-state index contributed by atoms with van der Waals surface area (Å²) in [6.45, 7) is 0. The first-order chi connectivity index (χ1) is 3.46. The van der Waals surface area contributed by atoms with E-state index in [2.05, 4.69) is 0 Å². The van der Waals surface area contributed by atoms with Gasteiger partial charge in [0.25, 0.3) is 0 Å². The molecule has 0 aromatic heterocycles. The second-order valence-electron chi connectivity index (χ2n) is 0.447. The smallest absolute Gasteiger partial charge is 0.356 e. The fourth-order valence-electron chi connectivity index (χ4n) is 0. The number of hydrogen-bond acceptors (Lipinski definition) is 6. The third kappa shape index (κ3) is 1890. The average molecular weight is 340 g/mol. The molecule has 0 aromatic carbocycles. The van der Waals surface area contributed by atoms with Crippen LogP contribution in [0.1, 0.15) is 0 Å². The first-order valence-electron chi connectivity index (χ1n) is 1.10. The minimum Gasteiger partial charge on any atom is -0.356 e. The second kappa shape index (κ2) is 16.2. The summed E-state index contributed by atoms with van der Waals surface area (Å²) in [5, 5.41) is 29.5. The maximum absolute atomic E-state index is 8.25. The van der Waals surface area contributed by atoms with Crippen LogP contribution in [0.25, 0.3) is 0 Å². The summed E-state index contributed by atoms with van der Waals surface area (Å²) in [7, 11) is 0. The van der Waals surface area contributed by atoms with E-state index in [1.165, 1.54) is 0 Å². The summed E-state index contributed by atoms with van der Waals surface area (Å²) in [6, 6.07) is 0. The van der Waals surface area contributed by atoms with Crippen LogP contribution in [0, 0.1) is 80.0 Å². The molecule has 0 amide bonds. The molecule has 0 saturated heterocycles. The topological polar surface area (TPSA) is 132 Å². The van der Waals surface area contributed by atoms with Gasteiger partial charge in [0.15, 0.2) is 0 Å². The summed E-state index contributed by atoms with van der Waals surface area (Å²) in [5.41, 5.74) is 0. The van der Waals surface area contributed by atoms with Crippen LogP contribution in [0.5, 0.6) is 0 Å². The maximum atomic E-state index is 8.25. The standard InChI is InChI=1S/Cu.Eu.2NO3/c;;2*2-1(3)4/q+2;;2*-1. The molecule has 0 spiro atoms. The van der Waals surface area contributed by atoms with Crippen LogP contribution in [0.2, 0.25) is 0 Å². The summed E-state index contributed by atoms with van der Waals surface area (Å²) in [6.07, 6.45) is 0. The molecule has 2 radical (unpaired) electrons. The van der Waals surface area contributed by atoms with Crippen LogP contribution in [-0.2, 0) is 17.1 Å². The van der Waals surface area contributed by atoms with Crippen LogP contribution in [-0.4, -0.2) is 10.2 Å². The Bertz CT molecular complexity index is 73.7. The van der Waals surface area contributed by atoms with Crippen LogP contribution in [0.15, 0.2) is 0 Å². The monoisotopic (exact) mass is 340 g/mol. The van der Waals surface area contributed by atoms with Crippen molar-refractivity contribution in [3.63, 3.8) is 0 Å². The van der Waals surface area contributed by atoms with Crippen LogP contribution >= 0.6 is 0 Å². The Hall–Kier alpha value is 0.504. The van der Waals surface area contributed by atoms with Gasteiger partial charge in [-0.15, -0.1) is 0 Å². The van der Waals surface area contributed by atoms with Gasteiger partial charge in [0, 0.05) is 49.4 Å². The van der Waals surface area contributed by atoms with E-state index in [9.17, 15) is 0 Å². The van der Waals surface area contributed by atoms with Gasteiger partial charge in [0.05, 0.1) is 10.2 Å². The molecule has 10 heavy (non-hydrogen) atoms. The van der Waals surface area contributed by atoms with Crippen molar-refractivity contribution in [2.45, 2.75) is 0 Å². The van der Waals surface area contributed by atoms with Gasteiger partial charge in [-0.25, -0.2) is 0 Å². The number of nitrogens with zero attached hydrogens (tertiary/aromatic N) is 2. The van der Waals surface area contributed by atoms with Crippen LogP contribution < -0.4 is 0 Å². The predicted octanol–water partition coefficient (Wildman–Crippen LogP) is -0.481. The molecule has 0 bridgehead atoms. The molecule has 64 valence electrons. The Morgan fingerprint density at radius 1 is 0.800 bits per heavy atom. The molecule has 8 nitrogen and oxygen atoms in total. The molecule has 10 heteroatoms. The van der Waals surface area contributed by atoms with E-state index in [4.69, 9.17) is 30.6 Å². The fourth-order valence-corrected chi connectivity index (χ4v) is 0. The minimum atomic E-state index is -1.75. The van der Waals surface area contributed by atoms with Crippen LogP contribution in [0.4, 0.5) is 0 Å². The van der Waals surface area contributed by atoms with Gasteiger partial charge in [-0.05, 0) is 0 Å². The van der Waals surface area contributed by atoms with E-state index in [1.807, 2.05) is 0 Å². The Balaban J connectivity index is -0.0000000300. The van der Waals surface area contributed by atoms with Crippen LogP contribution in [0.3, 0.4) is 0 Å². The van der Waals surface area contributed by atoms with Crippen molar-refractivity contribution >= 4 is 0 Å². The van der Waals surface area contributed by atoms with E-state index >= 15 is 0 Å². The van der Waals surface area contributed by atoms with Crippen molar-refractivity contribution in [3.05, 3.63) is 30.6 Å². The molecule has 0 atom stereocenters. The van der Waals surface area contributed by atoms with Gasteiger partial charge < -0.3 is 30.6 Å². The van der Waals surface area contributed by atoms with Gasteiger partial charge in [0.2, 0.25) is 0 Å². The molecule has 0 unspecified atom stereocenters. The Morgan fingerprint density at radius 2 is 0.800 bits per heavy atom. The van der Waals surface area contributed by atoms with Gasteiger partial charge >= 0.3 is 17.1 Å². The zero-order valence-corrected chi connectivity index (χ0v) is 7.39. The molecule has 0 aliphatic heterocycles. The normalized spacial score (nSPS) is 4.80. The molecule has 0 aliphatic carbocycles. The summed E-state index contributed by atoms with van der Waals surface area (Å²) in [4.78, 5) is 16.5. The minimum absolute atomic E-state index is 0. The van der Waals surface area contributed by atoms with Crippen molar-refractivity contribution in [2.75, 3.05) is 0 Å². The second-order valence-corrected chi connectivity index (χ2v) is 0.447. The van der Waals surface area contributed by atoms with E-state index in [1.54, 1.807) is 0 Å². The van der Waals surface area contributed by atoms with E-state index in [0.717, 1.165) is 0 Å². The first-order valence-corrected chi connectivity index (χ1v) is 1.10. The third-order valence-corrected chi connectivity index (χ3v) is 0. The number of hydrogen-bond donors (Lipinski definition) is 0. The molecule has 0 rings (SSSR count). The molecule has 0 N–H and O–H groups in total. The fraction of sp³-hybridized carbons (Fsp3) is 0. The quantitative estimate of drug-likeness (QED) is 0.332. The zero-order valence-electron chi connectivity index (χ0n) is 4.02. The molecule has 0 fully saturated rings. The molecule has 0 heterocycles. The molecule has 0 aromatic rings. The van der Waals surface area contributed by atoms with Crippen molar-refractivity contribution in [1.82, 2.24) is 0 Å².